The number of hydrogen-bond acceptors (Lipinski definition) is 3. The van der Waals surface area contributed by atoms with E-state index in [1.54, 1.807) is 0 Å². The van der Waals surface area contributed by atoms with Gasteiger partial charge in [0.05, 0.1) is 10.7 Å². The highest BCUT2D eigenvalue weighted by Crippen LogP contribution is 2.59. The molecule has 2 aliphatic rings. The quantitative estimate of drug-likeness (QED) is 0.903. The summed E-state index contributed by atoms with van der Waals surface area (Å²) in [4.78, 5) is 4.85. The maximum atomic E-state index is 4.85. The Morgan fingerprint density at radius 2 is 2.00 bits per heavy atom. The molecule has 2 aliphatic carbocycles. The lowest BCUT2D eigenvalue weighted by molar-refractivity contribution is 0.428. The fourth-order valence-electron chi connectivity index (χ4n) is 4.24. The Morgan fingerprint density at radius 1 is 1.24 bits per heavy atom. The van der Waals surface area contributed by atoms with E-state index in [1.165, 1.54) is 29.8 Å². The second-order valence-corrected chi connectivity index (χ2v) is 7.37. The summed E-state index contributed by atoms with van der Waals surface area (Å²) in [6.45, 7) is 0. The molecule has 2 saturated carbocycles. The molecule has 2 nitrogen and oxygen atoms in total. The number of hydrogen-bond donors (Lipinski definition) is 1. The van der Waals surface area contributed by atoms with E-state index in [4.69, 9.17) is 4.98 Å². The van der Waals surface area contributed by atoms with Gasteiger partial charge in [0.2, 0.25) is 0 Å². The lowest BCUT2D eigenvalue weighted by Crippen LogP contribution is -2.31. The van der Waals surface area contributed by atoms with Crippen molar-refractivity contribution >= 4 is 11.3 Å². The Kier molecular flexibility index (Phi) is 3.56. The van der Waals surface area contributed by atoms with Crippen molar-refractivity contribution < 1.29 is 0 Å². The van der Waals surface area contributed by atoms with Gasteiger partial charge in [-0.2, -0.15) is 0 Å². The first-order valence-electron chi connectivity index (χ1n) is 8.04. The summed E-state index contributed by atoms with van der Waals surface area (Å²) < 4.78 is 0. The Bertz CT molecular complexity index is 597. The van der Waals surface area contributed by atoms with E-state index in [0.29, 0.717) is 6.04 Å². The van der Waals surface area contributed by atoms with Crippen LogP contribution in [-0.4, -0.2) is 18.1 Å². The number of fused-ring (bicyclic) bond motifs is 1. The van der Waals surface area contributed by atoms with Gasteiger partial charge < -0.3 is 5.32 Å². The summed E-state index contributed by atoms with van der Waals surface area (Å²) in [5.74, 6) is 2.93. The van der Waals surface area contributed by atoms with Crippen LogP contribution in [0.5, 0.6) is 0 Å². The van der Waals surface area contributed by atoms with Gasteiger partial charge in [-0.15, -0.1) is 11.3 Å². The summed E-state index contributed by atoms with van der Waals surface area (Å²) in [5, 5.41) is 7.03. The van der Waals surface area contributed by atoms with E-state index in [9.17, 15) is 0 Å². The molecule has 2 fully saturated rings. The van der Waals surface area contributed by atoms with Crippen molar-refractivity contribution in [2.45, 2.75) is 31.7 Å². The van der Waals surface area contributed by atoms with Crippen LogP contribution in [0.4, 0.5) is 0 Å². The highest BCUT2D eigenvalue weighted by atomic mass is 32.1. The Balaban J connectivity index is 1.46. The Hall–Kier alpha value is -1.19. The van der Waals surface area contributed by atoms with Crippen molar-refractivity contribution in [1.29, 1.82) is 0 Å². The van der Waals surface area contributed by atoms with Gasteiger partial charge in [0.1, 0.15) is 0 Å². The molecule has 3 unspecified atom stereocenters. The van der Waals surface area contributed by atoms with Gasteiger partial charge in [0, 0.05) is 23.4 Å². The lowest BCUT2D eigenvalue weighted by atomic mass is 10.0. The van der Waals surface area contributed by atoms with Crippen LogP contribution in [0.2, 0.25) is 0 Å². The van der Waals surface area contributed by atoms with Crippen LogP contribution in [0.25, 0.3) is 11.3 Å². The largest absolute Gasteiger partial charge is 0.316 e. The van der Waals surface area contributed by atoms with Crippen molar-refractivity contribution in [3.05, 3.63) is 40.7 Å². The molecule has 21 heavy (non-hydrogen) atoms. The van der Waals surface area contributed by atoms with E-state index in [0.717, 1.165) is 29.9 Å². The standard InChI is InChI=1S/C18H22N2S/c1-19-15(18-13-8-5-9-14(13)18)10-17-20-16(11-21-17)12-6-3-2-4-7-12/h2-4,6-7,11,13-15,18-19H,5,8-10H2,1H3. The molecule has 110 valence electrons. The predicted octanol–water partition coefficient (Wildman–Crippen LogP) is 3.99. The third-order valence-electron chi connectivity index (χ3n) is 5.32. The van der Waals surface area contributed by atoms with Gasteiger partial charge in [0.25, 0.3) is 0 Å². The van der Waals surface area contributed by atoms with E-state index in [-0.39, 0.29) is 0 Å². The molecule has 1 heterocycles. The first-order chi connectivity index (χ1) is 10.4. The first-order valence-corrected chi connectivity index (χ1v) is 8.92. The molecule has 4 rings (SSSR count). The number of rotatable bonds is 5. The molecule has 2 aromatic rings. The molecule has 0 bridgehead atoms. The van der Waals surface area contributed by atoms with Crippen molar-refractivity contribution in [3.8, 4) is 11.3 Å². The second kappa shape index (κ2) is 5.54. The van der Waals surface area contributed by atoms with Gasteiger partial charge in [-0.1, -0.05) is 36.8 Å². The van der Waals surface area contributed by atoms with Crippen LogP contribution >= 0.6 is 11.3 Å². The zero-order valence-corrected chi connectivity index (χ0v) is 13.3. The van der Waals surface area contributed by atoms with Crippen LogP contribution in [0.1, 0.15) is 24.3 Å². The predicted molar refractivity (Wildman–Crippen MR) is 88.4 cm³/mol. The van der Waals surface area contributed by atoms with E-state index in [1.807, 2.05) is 11.3 Å². The molecule has 1 aromatic heterocycles. The number of nitrogens with one attached hydrogen (secondary N) is 1. The molecule has 0 amide bonds. The third-order valence-corrected chi connectivity index (χ3v) is 6.20. The molecule has 0 radical (unpaired) electrons. The SMILES string of the molecule is CNC(Cc1nc(-c2ccccc2)cs1)C1C2CCCC21. The summed E-state index contributed by atoms with van der Waals surface area (Å²) in [7, 11) is 2.12. The fraction of sp³-hybridized carbons (Fsp3) is 0.500. The summed E-state index contributed by atoms with van der Waals surface area (Å²) >= 11 is 1.81. The highest BCUT2D eigenvalue weighted by Gasteiger charge is 2.55. The van der Waals surface area contributed by atoms with Gasteiger partial charge in [-0.05, 0) is 37.6 Å². The molecule has 3 heteroatoms. The lowest BCUT2D eigenvalue weighted by Gasteiger charge is -2.16. The normalized spacial score (nSPS) is 28.3. The zero-order valence-electron chi connectivity index (χ0n) is 12.5. The minimum atomic E-state index is 0.620. The van der Waals surface area contributed by atoms with Crippen molar-refractivity contribution in [2.75, 3.05) is 7.05 Å². The maximum absolute atomic E-state index is 4.85. The summed E-state index contributed by atoms with van der Waals surface area (Å²) in [6, 6.07) is 11.1. The Morgan fingerprint density at radius 3 is 2.71 bits per heavy atom. The van der Waals surface area contributed by atoms with E-state index in [2.05, 4.69) is 48.1 Å². The van der Waals surface area contributed by atoms with Crippen LogP contribution in [-0.2, 0) is 6.42 Å². The average Bonchev–Trinajstić information content (AvgIpc) is 2.92. The molecule has 3 atom stereocenters. The van der Waals surface area contributed by atoms with Crippen molar-refractivity contribution in [1.82, 2.24) is 10.3 Å². The van der Waals surface area contributed by atoms with Crippen molar-refractivity contribution in [3.63, 3.8) is 0 Å². The molecule has 1 aromatic carbocycles. The number of aromatic nitrogens is 1. The minimum absolute atomic E-state index is 0.620. The van der Waals surface area contributed by atoms with Crippen LogP contribution < -0.4 is 5.32 Å². The van der Waals surface area contributed by atoms with Crippen molar-refractivity contribution in [2.24, 2.45) is 17.8 Å². The average molecular weight is 298 g/mol. The number of thiazole rings is 1. The zero-order chi connectivity index (χ0) is 14.2. The second-order valence-electron chi connectivity index (χ2n) is 6.43. The van der Waals surface area contributed by atoms with Gasteiger partial charge in [-0.3, -0.25) is 0 Å². The molecular formula is C18H22N2S. The van der Waals surface area contributed by atoms with E-state index < -0.39 is 0 Å². The summed E-state index contributed by atoms with van der Waals surface area (Å²) in [5.41, 5.74) is 2.35. The monoisotopic (exact) mass is 298 g/mol. The molecular weight excluding hydrogens is 276 g/mol. The van der Waals surface area contributed by atoms with Gasteiger partial charge in [0.15, 0.2) is 0 Å². The number of likely N-dealkylation sites (N-methyl/N-ethyl adjacent to an activating group) is 1. The minimum Gasteiger partial charge on any atom is -0.316 e. The first kappa shape index (κ1) is 13.5. The number of nitrogens with zero attached hydrogens (tertiary/aromatic N) is 1. The molecule has 1 N–H and O–H groups in total. The van der Waals surface area contributed by atoms with Crippen LogP contribution in [0.15, 0.2) is 35.7 Å². The molecule has 0 aliphatic heterocycles. The van der Waals surface area contributed by atoms with E-state index >= 15 is 0 Å². The summed E-state index contributed by atoms with van der Waals surface area (Å²) in [6.07, 6.45) is 5.46. The highest BCUT2D eigenvalue weighted by molar-refractivity contribution is 7.09. The topological polar surface area (TPSA) is 24.9 Å². The Labute approximate surface area is 130 Å². The molecule has 0 saturated heterocycles. The van der Waals surface area contributed by atoms with Crippen LogP contribution in [0.3, 0.4) is 0 Å². The third kappa shape index (κ3) is 2.53. The molecule has 0 spiro atoms. The van der Waals surface area contributed by atoms with Gasteiger partial charge in [-0.25, -0.2) is 4.98 Å². The van der Waals surface area contributed by atoms with Gasteiger partial charge >= 0.3 is 0 Å². The fourth-order valence-corrected chi connectivity index (χ4v) is 5.10. The maximum Gasteiger partial charge on any atom is 0.0948 e. The van der Waals surface area contributed by atoms with Crippen LogP contribution in [0, 0.1) is 17.8 Å². The number of benzene rings is 1. The smallest absolute Gasteiger partial charge is 0.0948 e.